The fraction of sp³-hybridized carbons (Fsp3) is 0.0435. The van der Waals surface area contributed by atoms with Gasteiger partial charge in [-0.25, -0.2) is 0 Å². The number of rotatable bonds is 4. The first kappa shape index (κ1) is 31.8. The minimum absolute atomic E-state index is 0.567. The zero-order valence-electron chi connectivity index (χ0n) is 27.3. The molecule has 0 aliphatic heterocycles. The highest BCUT2D eigenvalue weighted by molar-refractivity contribution is 6.30. The van der Waals surface area contributed by atoms with Crippen LogP contribution in [0.2, 0.25) is 0 Å². The lowest BCUT2D eigenvalue weighted by atomic mass is 9.82. The highest BCUT2D eigenvalue weighted by atomic mass is 19.4. The lowest BCUT2D eigenvalue weighted by molar-refractivity contribution is -0.138. The van der Waals surface area contributed by atoms with Gasteiger partial charge in [0.1, 0.15) is 0 Å². The molecule has 0 radical (unpaired) electrons. The van der Waals surface area contributed by atoms with Crippen molar-refractivity contribution in [1.29, 1.82) is 0 Å². The Morgan fingerprint density at radius 1 is 0.269 bits per heavy atom. The van der Waals surface area contributed by atoms with Crippen molar-refractivity contribution < 1.29 is 26.3 Å². The van der Waals surface area contributed by atoms with Gasteiger partial charge in [0.15, 0.2) is 0 Å². The fourth-order valence-electron chi connectivity index (χ4n) is 7.86. The molecule has 0 fully saturated rings. The Morgan fingerprint density at radius 3 is 0.962 bits per heavy atom. The molecule has 0 unspecified atom stereocenters. The summed E-state index contributed by atoms with van der Waals surface area (Å²) >= 11 is 0. The zero-order chi connectivity index (χ0) is 35.8. The van der Waals surface area contributed by atoms with Crippen LogP contribution in [0.25, 0.3) is 88.3 Å². The van der Waals surface area contributed by atoms with Gasteiger partial charge in [0.05, 0.1) is 11.1 Å². The molecule has 0 aromatic heterocycles. The Balaban J connectivity index is 1.43. The van der Waals surface area contributed by atoms with E-state index in [1.54, 1.807) is 0 Å². The third kappa shape index (κ3) is 5.01. The summed E-state index contributed by atoms with van der Waals surface area (Å²) in [6.07, 6.45) is -9.01. The molecule has 0 nitrogen and oxygen atoms in total. The van der Waals surface area contributed by atoms with Crippen LogP contribution < -0.4 is 0 Å². The van der Waals surface area contributed by atoms with Crippen molar-refractivity contribution in [2.75, 3.05) is 0 Å². The van der Waals surface area contributed by atoms with Crippen LogP contribution >= 0.6 is 0 Å². The van der Waals surface area contributed by atoms with Crippen molar-refractivity contribution in [3.05, 3.63) is 169 Å². The van der Waals surface area contributed by atoms with E-state index in [1.165, 1.54) is 24.3 Å². The Hall–Kier alpha value is -6.14. The largest absolute Gasteiger partial charge is 0.416 e. The lowest BCUT2D eigenvalue weighted by Gasteiger charge is -2.20. The molecule has 0 saturated carbocycles. The number of benzene rings is 8. The summed E-state index contributed by atoms with van der Waals surface area (Å²) in [4.78, 5) is 0. The molecule has 0 spiro atoms. The molecule has 0 heterocycles. The number of fused-ring (bicyclic) bond motifs is 4. The molecule has 0 atom stereocenters. The summed E-state index contributed by atoms with van der Waals surface area (Å²) in [6.45, 7) is 0. The smallest absolute Gasteiger partial charge is 0.166 e. The van der Waals surface area contributed by atoms with Crippen molar-refractivity contribution in [3.63, 3.8) is 0 Å². The zero-order valence-corrected chi connectivity index (χ0v) is 27.3. The quantitative estimate of drug-likeness (QED) is 0.161. The first-order valence-corrected chi connectivity index (χ1v) is 16.7. The first-order chi connectivity index (χ1) is 25.1. The topological polar surface area (TPSA) is 0 Å². The molecular formula is C46H26F6. The highest BCUT2D eigenvalue weighted by Gasteiger charge is 2.34. The highest BCUT2D eigenvalue weighted by Crippen LogP contribution is 2.59. The minimum atomic E-state index is -4.50. The maximum atomic E-state index is 13.6. The molecule has 6 heteroatoms. The van der Waals surface area contributed by atoms with Crippen molar-refractivity contribution in [2.45, 2.75) is 12.4 Å². The molecular weight excluding hydrogens is 666 g/mol. The van der Waals surface area contributed by atoms with Gasteiger partial charge in [-0.1, -0.05) is 133 Å². The minimum Gasteiger partial charge on any atom is -0.166 e. The van der Waals surface area contributed by atoms with Crippen LogP contribution in [-0.2, 0) is 12.4 Å². The van der Waals surface area contributed by atoms with E-state index in [0.29, 0.717) is 22.3 Å². The predicted octanol–water partition coefficient (Wildman–Crippen LogP) is 14.3. The van der Waals surface area contributed by atoms with E-state index >= 15 is 0 Å². The number of hydrogen-bond acceptors (Lipinski definition) is 0. The van der Waals surface area contributed by atoms with E-state index in [1.807, 2.05) is 72.8 Å². The van der Waals surface area contributed by atoms with Gasteiger partial charge >= 0.3 is 12.4 Å². The first-order valence-electron chi connectivity index (χ1n) is 16.7. The molecule has 8 aromatic carbocycles. The van der Waals surface area contributed by atoms with E-state index in [0.717, 1.165) is 90.3 Å². The Labute approximate surface area is 295 Å². The normalized spacial score (nSPS) is 12.4. The van der Waals surface area contributed by atoms with Crippen LogP contribution in [0, 0.1) is 0 Å². The summed E-state index contributed by atoms with van der Waals surface area (Å²) in [7, 11) is 0. The summed E-state index contributed by atoms with van der Waals surface area (Å²) in [5.41, 5.74) is 9.13. The number of hydrogen-bond donors (Lipinski definition) is 0. The van der Waals surface area contributed by atoms with Crippen molar-refractivity contribution in [3.8, 4) is 66.8 Å². The second-order valence-corrected chi connectivity index (χ2v) is 13.0. The van der Waals surface area contributed by atoms with Crippen LogP contribution in [0.5, 0.6) is 0 Å². The van der Waals surface area contributed by atoms with Crippen LogP contribution in [0.1, 0.15) is 11.1 Å². The standard InChI is InChI=1S/C46H26F6/c47-45(48,49)31-19-15-27(16-20-31)33-23-25-37-42-38(26-24-34(41(33)42)28-17-21-32(22-18-28)46(50,51)52)44-40(30-11-5-2-6-12-30)36-14-8-7-13-35(36)39(43(37)44)29-9-3-1-4-10-29/h1-26H. The Bertz CT molecular complexity index is 2470. The van der Waals surface area contributed by atoms with E-state index in [9.17, 15) is 26.3 Å². The van der Waals surface area contributed by atoms with E-state index in [4.69, 9.17) is 0 Å². The summed E-state index contributed by atoms with van der Waals surface area (Å²) in [5, 5.41) is 3.80. The molecule has 9 rings (SSSR count). The molecule has 252 valence electrons. The number of alkyl halides is 6. The third-order valence-electron chi connectivity index (χ3n) is 10.1. The van der Waals surface area contributed by atoms with E-state index in [-0.39, 0.29) is 0 Å². The molecule has 0 N–H and O–H groups in total. The van der Waals surface area contributed by atoms with Crippen LogP contribution in [0.4, 0.5) is 26.3 Å². The molecule has 0 bridgehead atoms. The third-order valence-corrected chi connectivity index (χ3v) is 10.1. The Morgan fingerprint density at radius 2 is 0.596 bits per heavy atom. The van der Waals surface area contributed by atoms with Crippen LogP contribution in [0.3, 0.4) is 0 Å². The second kappa shape index (κ2) is 11.7. The molecule has 0 saturated heterocycles. The average Bonchev–Trinajstić information content (AvgIpc) is 3.48. The average molecular weight is 693 g/mol. The van der Waals surface area contributed by atoms with E-state index in [2.05, 4.69) is 36.4 Å². The molecule has 1 aliphatic rings. The second-order valence-electron chi connectivity index (χ2n) is 13.0. The van der Waals surface area contributed by atoms with Gasteiger partial charge in [0.25, 0.3) is 0 Å². The lowest BCUT2D eigenvalue weighted by Crippen LogP contribution is -2.04. The fourth-order valence-corrected chi connectivity index (χ4v) is 7.86. The molecule has 0 amide bonds. The summed E-state index contributed by atoms with van der Waals surface area (Å²) in [6, 6.07) is 46.8. The van der Waals surface area contributed by atoms with Gasteiger partial charge in [0.2, 0.25) is 0 Å². The van der Waals surface area contributed by atoms with Gasteiger partial charge in [-0.05, 0) is 113 Å². The molecule has 1 aliphatic carbocycles. The van der Waals surface area contributed by atoms with Crippen molar-refractivity contribution in [1.82, 2.24) is 0 Å². The summed E-state index contributed by atoms with van der Waals surface area (Å²) < 4.78 is 81.8. The van der Waals surface area contributed by atoms with Crippen molar-refractivity contribution >= 4 is 21.5 Å². The predicted molar refractivity (Wildman–Crippen MR) is 198 cm³/mol. The van der Waals surface area contributed by atoms with Gasteiger partial charge in [-0.3, -0.25) is 0 Å². The molecule has 52 heavy (non-hydrogen) atoms. The maximum absolute atomic E-state index is 13.6. The number of halogens is 6. The monoisotopic (exact) mass is 692 g/mol. The SMILES string of the molecule is FC(F)(F)c1ccc(-c2ccc3c4c(ccc(-c5ccc(C(F)(F)F)cc5)c24)-c2c-3c(-c3ccccc3)c3ccccc3c2-c2ccccc2)cc1. The Kier molecular flexibility index (Phi) is 7.16. The van der Waals surface area contributed by atoms with Gasteiger partial charge in [0, 0.05) is 0 Å². The van der Waals surface area contributed by atoms with Crippen LogP contribution in [0.15, 0.2) is 158 Å². The van der Waals surface area contributed by atoms with Crippen molar-refractivity contribution in [2.24, 2.45) is 0 Å². The van der Waals surface area contributed by atoms with Gasteiger partial charge < -0.3 is 0 Å². The van der Waals surface area contributed by atoms with Gasteiger partial charge in [-0.15, -0.1) is 0 Å². The van der Waals surface area contributed by atoms with E-state index < -0.39 is 23.5 Å². The maximum Gasteiger partial charge on any atom is 0.416 e. The van der Waals surface area contributed by atoms with Gasteiger partial charge in [-0.2, -0.15) is 26.3 Å². The molecule has 8 aromatic rings. The van der Waals surface area contributed by atoms with Crippen LogP contribution in [-0.4, -0.2) is 0 Å². The summed E-state index contributed by atoms with van der Waals surface area (Å²) in [5.74, 6) is 0.